The summed E-state index contributed by atoms with van der Waals surface area (Å²) in [5, 5.41) is 9.61. The van der Waals surface area contributed by atoms with Gasteiger partial charge in [-0.15, -0.1) is 11.3 Å². The maximum absolute atomic E-state index is 4.53. The second-order valence-corrected chi connectivity index (χ2v) is 5.34. The van der Waals surface area contributed by atoms with Crippen molar-refractivity contribution in [3.63, 3.8) is 0 Å². The van der Waals surface area contributed by atoms with E-state index in [0.717, 1.165) is 40.1 Å². The van der Waals surface area contributed by atoms with Gasteiger partial charge in [0, 0.05) is 24.4 Å². The summed E-state index contributed by atoms with van der Waals surface area (Å²) in [6, 6.07) is 0. The zero-order chi connectivity index (χ0) is 13.8. The number of anilines is 2. The summed E-state index contributed by atoms with van der Waals surface area (Å²) >= 11 is 1.66. The van der Waals surface area contributed by atoms with E-state index >= 15 is 0 Å². The van der Waals surface area contributed by atoms with Crippen LogP contribution < -0.4 is 10.6 Å². The molecule has 0 radical (unpaired) electrons. The molecule has 2 rings (SSSR count). The standard InChI is InChI=1S/C13H19N5S/c1-5-11-17-12(14-4)8(2)13(18-11)15-6-10-7-19-9(3)16-10/h7H,5-6H2,1-4H3,(H2,14,15,17,18). The zero-order valence-electron chi connectivity index (χ0n) is 11.7. The molecule has 2 aromatic rings. The van der Waals surface area contributed by atoms with Crippen molar-refractivity contribution in [1.29, 1.82) is 0 Å². The second-order valence-electron chi connectivity index (χ2n) is 4.28. The largest absolute Gasteiger partial charge is 0.373 e. The maximum atomic E-state index is 4.53. The van der Waals surface area contributed by atoms with Crippen molar-refractivity contribution in [1.82, 2.24) is 15.0 Å². The second kappa shape index (κ2) is 5.97. The Morgan fingerprint density at radius 2 is 1.89 bits per heavy atom. The summed E-state index contributed by atoms with van der Waals surface area (Å²) in [6.45, 7) is 6.77. The van der Waals surface area contributed by atoms with E-state index in [9.17, 15) is 0 Å². The van der Waals surface area contributed by atoms with Gasteiger partial charge in [0.1, 0.15) is 17.5 Å². The summed E-state index contributed by atoms with van der Waals surface area (Å²) in [4.78, 5) is 13.4. The van der Waals surface area contributed by atoms with Crippen molar-refractivity contribution in [3.8, 4) is 0 Å². The molecule has 0 aliphatic carbocycles. The molecule has 0 atom stereocenters. The number of rotatable bonds is 5. The highest BCUT2D eigenvalue weighted by Crippen LogP contribution is 2.20. The number of hydrogen-bond acceptors (Lipinski definition) is 6. The summed E-state index contributed by atoms with van der Waals surface area (Å²) in [7, 11) is 1.88. The molecule has 5 nitrogen and oxygen atoms in total. The van der Waals surface area contributed by atoms with Crippen LogP contribution in [0.15, 0.2) is 5.38 Å². The minimum Gasteiger partial charge on any atom is -0.373 e. The van der Waals surface area contributed by atoms with E-state index in [1.807, 2.05) is 20.9 Å². The van der Waals surface area contributed by atoms with Gasteiger partial charge in [-0.3, -0.25) is 0 Å². The van der Waals surface area contributed by atoms with Gasteiger partial charge in [0.2, 0.25) is 0 Å². The first kappa shape index (κ1) is 13.7. The van der Waals surface area contributed by atoms with Gasteiger partial charge in [0.15, 0.2) is 0 Å². The van der Waals surface area contributed by atoms with Crippen molar-refractivity contribution in [2.45, 2.75) is 33.7 Å². The predicted molar refractivity (Wildman–Crippen MR) is 79.9 cm³/mol. The molecule has 0 aliphatic heterocycles. The van der Waals surface area contributed by atoms with Gasteiger partial charge in [-0.2, -0.15) is 0 Å². The van der Waals surface area contributed by atoms with E-state index in [0.29, 0.717) is 6.54 Å². The Morgan fingerprint density at radius 1 is 1.16 bits per heavy atom. The lowest BCUT2D eigenvalue weighted by atomic mass is 10.3. The van der Waals surface area contributed by atoms with E-state index in [1.54, 1.807) is 11.3 Å². The van der Waals surface area contributed by atoms with Crippen LogP contribution in [0.5, 0.6) is 0 Å². The van der Waals surface area contributed by atoms with Crippen molar-refractivity contribution >= 4 is 23.0 Å². The van der Waals surface area contributed by atoms with Gasteiger partial charge < -0.3 is 10.6 Å². The fourth-order valence-electron chi connectivity index (χ4n) is 1.80. The lowest BCUT2D eigenvalue weighted by Gasteiger charge is -2.12. The zero-order valence-corrected chi connectivity index (χ0v) is 12.6. The van der Waals surface area contributed by atoms with E-state index in [-0.39, 0.29) is 0 Å². The van der Waals surface area contributed by atoms with Crippen LogP contribution in [0.25, 0.3) is 0 Å². The molecule has 2 heterocycles. The van der Waals surface area contributed by atoms with E-state index < -0.39 is 0 Å². The SMILES string of the molecule is CCc1nc(NC)c(C)c(NCc2csc(C)n2)n1. The maximum Gasteiger partial charge on any atom is 0.135 e. The fraction of sp³-hybridized carbons (Fsp3) is 0.462. The molecule has 0 amide bonds. The van der Waals surface area contributed by atoms with Crippen LogP contribution in [0.3, 0.4) is 0 Å². The molecule has 0 saturated heterocycles. The molecule has 0 fully saturated rings. The number of thiazole rings is 1. The number of hydrogen-bond donors (Lipinski definition) is 2. The normalized spacial score (nSPS) is 10.5. The van der Waals surface area contributed by atoms with Crippen molar-refractivity contribution in [2.75, 3.05) is 17.7 Å². The summed E-state index contributed by atoms with van der Waals surface area (Å²) in [5.74, 6) is 2.59. The monoisotopic (exact) mass is 277 g/mol. The summed E-state index contributed by atoms with van der Waals surface area (Å²) < 4.78 is 0. The molecule has 6 heteroatoms. The van der Waals surface area contributed by atoms with Crippen LogP contribution in [0.1, 0.15) is 29.0 Å². The fourth-order valence-corrected chi connectivity index (χ4v) is 2.41. The Kier molecular flexibility index (Phi) is 4.31. The average Bonchev–Trinajstić information content (AvgIpc) is 2.83. The van der Waals surface area contributed by atoms with Gasteiger partial charge in [0.05, 0.1) is 17.2 Å². The van der Waals surface area contributed by atoms with Crippen LogP contribution in [0.4, 0.5) is 11.6 Å². The predicted octanol–water partition coefficient (Wildman–Crippen LogP) is 2.77. The lowest BCUT2D eigenvalue weighted by Crippen LogP contribution is -2.09. The quantitative estimate of drug-likeness (QED) is 0.880. The minimum atomic E-state index is 0.689. The highest BCUT2D eigenvalue weighted by Gasteiger charge is 2.09. The molecule has 0 spiro atoms. The number of aryl methyl sites for hydroxylation is 2. The van der Waals surface area contributed by atoms with Crippen LogP contribution in [-0.2, 0) is 13.0 Å². The van der Waals surface area contributed by atoms with E-state index in [2.05, 4.69) is 37.9 Å². The Hall–Kier alpha value is -1.69. The first-order valence-electron chi connectivity index (χ1n) is 6.34. The topological polar surface area (TPSA) is 62.7 Å². The van der Waals surface area contributed by atoms with Gasteiger partial charge in [-0.1, -0.05) is 6.92 Å². The van der Waals surface area contributed by atoms with Gasteiger partial charge in [-0.25, -0.2) is 15.0 Å². The molecule has 102 valence electrons. The molecule has 0 aliphatic rings. The lowest BCUT2D eigenvalue weighted by molar-refractivity contribution is 0.920. The van der Waals surface area contributed by atoms with Crippen LogP contribution >= 0.6 is 11.3 Å². The molecule has 0 unspecified atom stereocenters. The number of nitrogens with one attached hydrogen (secondary N) is 2. The first-order valence-corrected chi connectivity index (χ1v) is 7.22. The Balaban J connectivity index is 2.19. The van der Waals surface area contributed by atoms with Crippen molar-refractivity contribution in [3.05, 3.63) is 27.5 Å². The molecule has 0 bridgehead atoms. The van der Waals surface area contributed by atoms with Crippen LogP contribution in [0.2, 0.25) is 0 Å². The molecular weight excluding hydrogens is 258 g/mol. The third-order valence-electron chi connectivity index (χ3n) is 2.85. The number of aromatic nitrogens is 3. The molecule has 19 heavy (non-hydrogen) atoms. The first-order chi connectivity index (χ1) is 9.13. The van der Waals surface area contributed by atoms with Crippen molar-refractivity contribution in [2.24, 2.45) is 0 Å². The smallest absolute Gasteiger partial charge is 0.135 e. The van der Waals surface area contributed by atoms with Gasteiger partial charge in [-0.05, 0) is 13.8 Å². The molecular formula is C13H19N5S. The molecule has 2 aromatic heterocycles. The van der Waals surface area contributed by atoms with Gasteiger partial charge in [0.25, 0.3) is 0 Å². The Labute approximate surface area is 117 Å². The molecule has 0 aromatic carbocycles. The van der Waals surface area contributed by atoms with E-state index in [1.165, 1.54) is 0 Å². The average molecular weight is 277 g/mol. The van der Waals surface area contributed by atoms with Crippen LogP contribution in [-0.4, -0.2) is 22.0 Å². The van der Waals surface area contributed by atoms with Crippen molar-refractivity contribution < 1.29 is 0 Å². The van der Waals surface area contributed by atoms with Gasteiger partial charge >= 0.3 is 0 Å². The third kappa shape index (κ3) is 3.20. The Bertz CT molecular complexity index is 564. The Morgan fingerprint density at radius 3 is 2.47 bits per heavy atom. The third-order valence-corrected chi connectivity index (χ3v) is 3.67. The summed E-state index contributed by atoms with van der Waals surface area (Å²) in [5.41, 5.74) is 2.08. The summed E-state index contributed by atoms with van der Waals surface area (Å²) in [6.07, 6.45) is 0.819. The molecule has 0 saturated carbocycles. The highest BCUT2D eigenvalue weighted by atomic mass is 32.1. The number of nitrogens with zero attached hydrogens (tertiary/aromatic N) is 3. The highest BCUT2D eigenvalue weighted by molar-refractivity contribution is 7.09. The minimum absolute atomic E-state index is 0.689. The van der Waals surface area contributed by atoms with Crippen LogP contribution in [0, 0.1) is 13.8 Å². The van der Waals surface area contributed by atoms with E-state index in [4.69, 9.17) is 0 Å². The molecule has 2 N–H and O–H groups in total.